The van der Waals surface area contributed by atoms with Crippen LogP contribution in [0.25, 0.3) is 0 Å². The minimum atomic E-state index is -5.55. The molecule has 0 aliphatic carbocycles. The van der Waals surface area contributed by atoms with Gasteiger partial charge in [0, 0.05) is 32.1 Å². The van der Waals surface area contributed by atoms with E-state index in [2.05, 4.69) is 9.97 Å². The van der Waals surface area contributed by atoms with E-state index in [9.17, 15) is 26.4 Å². The number of hydrogen-bond acceptors (Lipinski definition) is 7. The lowest BCUT2D eigenvalue weighted by Crippen LogP contribution is -2.60. The number of sulfonamides is 1. The van der Waals surface area contributed by atoms with Crippen LogP contribution in [0.4, 0.5) is 13.2 Å². The molecule has 0 radical (unpaired) electrons. The predicted molar refractivity (Wildman–Crippen MR) is 90.8 cm³/mol. The lowest BCUT2D eigenvalue weighted by molar-refractivity contribution is -0.139. The number of ether oxygens (including phenoxy) is 2. The molecule has 9 nitrogen and oxygen atoms in total. The van der Waals surface area contributed by atoms with Gasteiger partial charge < -0.3 is 14.4 Å². The Morgan fingerprint density at radius 2 is 2.04 bits per heavy atom. The zero-order valence-corrected chi connectivity index (χ0v) is 16.1. The Labute approximate surface area is 160 Å². The van der Waals surface area contributed by atoms with Gasteiger partial charge in [-0.2, -0.15) is 13.2 Å². The summed E-state index contributed by atoms with van der Waals surface area (Å²) in [5.74, 6) is -0.367. The number of carbonyl (C=O) groups excluding carboxylic acids is 1. The smallest absolute Gasteiger partial charge is 0.466 e. The number of rotatable bonds is 7. The quantitative estimate of drug-likeness (QED) is 0.680. The Balaban J connectivity index is 2.11. The van der Waals surface area contributed by atoms with Crippen molar-refractivity contribution >= 4 is 15.9 Å². The summed E-state index contributed by atoms with van der Waals surface area (Å²) in [6.45, 7) is 1.32. The Morgan fingerprint density at radius 3 is 2.64 bits per heavy atom. The number of halogens is 3. The molecule has 1 saturated heterocycles. The van der Waals surface area contributed by atoms with Gasteiger partial charge in [-0.05, 0) is 19.8 Å². The van der Waals surface area contributed by atoms with Crippen molar-refractivity contribution in [2.45, 2.75) is 37.4 Å². The van der Waals surface area contributed by atoms with E-state index in [1.54, 1.807) is 11.6 Å². The molecule has 0 bridgehead atoms. The maximum atomic E-state index is 12.7. The maximum absolute atomic E-state index is 12.7. The third kappa shape index (κ3) is 5.29. The monoisotopic (exact) mass is 426 g/mol. The van der Waals surface area contributed by atoms with Gasteiger partial charge in [-0.1, -0.05) is 0 Å². The fourth-order valence-corrected chi connectivity index (χ4v) is 3.70. The van der Waals surface area contributed by atoms with E-state index in [0.29, 0.717) is 12.1 Å². The molecule has 2 unspecified atom stereocenters. The third-order valence-corrected chi connectivity index (χ3v) is 5.44. The van der Waals surface area contributed by atoms with Crippen LogP contribution in [0.2, 0.25) is 0 Å². The van der Waals surface area contributed by atoms with Crippen LogP contribution >= 0.6 is 0 Å². The van der Waals surface area contributed by atoms with Gasteiger partial charge in [0.1, 0.15) is 0 Å². The molecule has 13 heteroatoms. The van der Waals surface area contributed by atoms with Gasteiger partial charge >= 0.3 is 15.5 Å². The lowest BCUT2D eigenvalue weighted by Gasteiger charge is -2.41. The van der Waals surface area contributed by atoms with Crippen LogP contribution in [0.1, 0.15) is 18.5 Å². The number of amides is 1. The van der Waals surface area contributed by atoms with Crippen LogP contribution < -0.4 is 9.46 Å². The van der Waals surface area contributed by atoms with Crippen molar-refractivity contribution in [3.63, 3.8) is 0 Å². The SMILES string of the molecule is COCC1C(NS(=O)(=O)C(F)(F)F)CCCN1C(=O)COc1nccnc1C. The van der Waals surface area contributed by atoms with Crippen LogP contribution in [-0.4, -0.2) is 73.7 Å². The molecule has 2 atom stereocenters. The summed E-state index contributed by atoms with van der Waals surface area (Å²) in [7, 11) is -4.24. The van der Waals surface area contributed by atoms with Crippen molar-refractivity contribution in [1.29, 1.82) is 0 Å². The second kappa shape index (κ2) is 9.01. The first-order valence-electron chi connectivity index (χ1n) is 8.34. The third-order valence-electron chi connectivity index (χ3n) is 4.22. The number of methoxy groups -OCH3 is 1. The molecule has 1 aliphatic heterocycles. The number of alkyl halides is 3. The number of nitrogens with one attached hydrogen (secondary N) is 1. The molecule has 2 heterocycles. The van der Waals surface area contributed by atoms with E-state index in [-0.39, 0.29) is 25.5 Å². The normalized spacial score (nSPS) is 20.8. The van der Waals surface area contributed by atoms with Gasteiger partial charge in [0.25, 0.3) is 5.91 Å². The van der Waals surface area contributed by atoms with E-state index in [1.807, 2.05) is 0 Å². The van der Waals surface area contributed by atoms with E-state index in [1.165, 1.54) is 24.4 Å². The number of aryl methyl sites for hydroxylation is 1. The molecule has 0 aromatic carbocycles. The molecule has 28 heavy (non-hydrogen) atoms. The number of aromatic nitrogens is 2. The van der Waals surface area contributed by atoms with Crippen LogP contribution in [-0.2, 0) is 19.6 Å². The van der Waals surface area contributed by atoms with Crippen LogP contribution in [0.3, 0.4) is 0 Å². The summed E-state index contributed by atoms with van der Waals surface area (Å²) in [6, 6.07) is -2.04. The molecule has 2 rings (SSSR count). The molecule has 0 spiro atoms. The van der Waals surface area contributed by atoms with E-state index in [0.717, 1.165) is 0 Å². The summed E-state index contributed by atoms with van der Waals surface area (Å²) < 4.78 is 73.1. The standard InChI is InChI=1S/C15H21F3N4O5S/c1-10-14(20-6-5-19-10)27-9-13(23)22-7-3-4-11(12(22)8-26-2)21-28(24,25)15(16,17)18/h5-6,11-12,21H,3-4,7-9H2,1-2H3. The molecule has 1 aromatic heterocycles. The molecular formula is C15H21F3N4O5S. The highest BCUT2D eigenvalue weighted by Gasteiger charge is 2.48. The Hall–Kier alpha value is -1.99. The van der Waals surface area contributed by atoms with Gasteiger partial charge in [0.2, 0.25) is 5.88 Å². The maximum Gasteiger partial charge on any atom is 0.511 e. The second-order valence-electron chi connectivity index (χ2n) is 6.16. The summed E-state index contributed by atoms with van der Waals surface area (Å²) in [5.41, 5.74) is -4.97. The van der Waals surface area contributed by atoms with Crippen LogP contribution in [0, 0.1) is 6.92 Å². The fourth-order valence-electron chi connectivity index (χ4n) is 2.90. The molecule has 1 fully saturated rings. The number of likely N-dealkylation sites (tertiary alicyclic amines) is 1. The number of piperidine rings is 1. The van der Waals surface area contributed by atoms with Crippen LogP contribution in [0.15, 0.2) is 12.4 Å². The van der Waals surface area contributed by atoms with E-state index in [4.69, 9.17) is 9.47 Å². The van der Waals surface area contributed by atoms with Crippen molar-refractivity contribution in [1.82, 2.24) is 19.6 Å². The number of hydrogen-bond donors (Lipinski definition) is 1. The first-order valence-corrected chi connectivity index (χ1v) is 9.82. The Morgan fingerprint density at radius 1 is 1.36 bits per heavy atom. The van der Waals surface area contributed by atoms with Gasteiger partial charge in [0.05, 0.1) is 18.3 Å². The van der Waals surface area contributed by atoms with Crippen molar-refractivity contribution in [3.8, 4) is 5.88 Å². The minimum absolute atomic E-state index is 0.136. The Kier molecular flexibility index (Phi) is 7.17. The highest BCUT2D eigenvalue weighted by Crippen LogP contribution is 2.26. The molecule has 158 valence electrons. The predicted octanol–water partition coefficient (Wildman–Crippen LogP) is 0.609. The topological polar surface area (TPSA) is 111 Å². The van der Waals surface area contributed by atoms with Crippen molar-refractivity contribution in [2.75, 3.05) is 26.9 Å². The largest absolute Gasteiger partial charge is 0.511 e. The summed E-state index contributed by atoms with van der Waals surface area (Å²) in [5, 5.41) is 0. The average molecular weight is 426 g/mol. The molecular weight excluding hydrogens is 405 g/mol. The summed E-state index contributed by atoms with van der Waals surface area (Å²) >= 11 is 0. The zero-order chi connectivity index (χ0) is 20.9. The van der Waals surface area contributed by atoms with Crippen molar-refractivity contribution < 1.29 is 35.9 Å². The summed E-state index contributed by atoms with van der Waals surface area (Å²) in [6.07, 6.45) is 3.31. The highest BCUT2D eigenvalue weighted by atomic mass is 32.2. The van der Waals surface area contributed by atoms with Gasteiger partial charge in [0.15, 0.2) is 6.61 Å². The van der Waals surface area contributed by atoms with Gasteiger partial charge in [-0.25, -0.2) is 18.1 Å². The summed E-state index contributed by atoms with van der Waals surface area (Å²) in [4.78, 5) is 21.8. The van der Waals surface area contributed by atoms with Gasteiger partial charge in [-0.15, -0.1) is 0 Å². The second-order valence-corrected chi connectivity index (χ2v) is 7.87. The van der Waals surface area contributed by atoms with Crippen molar-refractivity contribution in [3.05, 3.63) is 18.1 Å². The zero-order valence-electron chi connectivity index (χ0n) is 15.3. The molecule has 1 aliphatic rings. The van der Waals surface area contributed by atoms with Crippen LogP contribution in [0.5, 0.6) is 5.88 Å². The van der Waals surface area contributed by atoms with Crippen molar-refractivity contribution in [2.24, 2.45) is 0 Å². The van der Waals surface area contributed by atoms with Gasteiger partial charge in [-0.3, -0.25) is 9.78 Å². The molecule has 1 aromatic rings. The number of carbonyl (C=O) groups is 1. The molecule has 0 saturated carbocycles. The highest BCUT2D eigenvalue weighted by molar-refractivity contribution is 7.90. The lowest BCUT2D eigenvalue weighted by atomic mass is 9.97. The Bertz CT molecular complexity index is 790. The average Bonchev–Trinajstić information content (AvgIpc) is 2.61. The first-order chi connectivity index (χ1) is 13.1. The minimum Gasteiger partial charge on any atom is -0.466 e. The molecule has 1 amide bonds. The molecule has 1 N–H and O–H groups in total. The fraction of sp³-hybridized carbons (Fsp3) is 0.667. The van der Waals surface area contributed by atoms with E-state index < -0.39 is 40.1 Å². The number of nitrogens with zero attached hydrogens (tertiary/aromatic N) is 3. The van der Waals surface area contributed by atoms with E-state index >= 15 is 0 Å². The first kappa shape index (κ1) is 22.3.